The molecule has 8 heteroatoms. The Bertz CT molecular complexity index is 1220. The molecule has 0 fully saturated rings. The second-order valence-corrected chi connectivity index (χ2v) is 7.72. The van der Waals surface area contributed by atoms with Crippen molar-refractivity contribution in [1.82, 2.24) is 9.66 Å². The first-order chi connectivity index (χ1) is 13.0. The van der Waals surface area contributed by atoms with E-state index in [9.17, 15) is 14.4 Å². The third-order valence-electron chi connectivity index (χ3n) is 3.98. The molecule has 0 radical (unpaired) electrons. The van der Waals surface area contributed by atoms with Crippen molar-refractivity contribution in [2.75, 3.05) is 5.43 Å². The molecule has 3 aromatic heterocycles. The van der Waals surface area contributed by atoms with E-state index in [4.69, 9.17) is 0 Å². The predicted octanol–water partition coefficient (Wildman–Crippen LogP) is 3.77. The van der Waals surface area contributed by atoms with Crippen molar-refractivity contribution < 1.29 is 9.59 Å². The number of aromatic nitrogens is 2. The van der Waals surface area contributed by atoms with Crippen LogP contribution in [0, 0.1) is 0 Å². The van der Waals surface area contributed by atoms with Gasteiger partial charge < -0.3 is 0 Å². The van der Waals surface area contributed by atoms with Gasteiger partial charge in [-0.15, -0.1) is 22.7 Å². The molecule has 0 unspecified atom stereocenters. The number of hydrogen-bond acceptors (Lipinski definition) is 6. The second-order valence-electron chi connectivity index (χ2n) is 5.78. The summed E-state index contributed by atoms with van der Waals surface area (Å²) in [6, 6.07) is 12.7. The topological polar surface area (TPSA) is 81.1 Å². The zero-order valence-electron chi connectivity index (χ0n) is 14.1. The lowest BCUT2D eigenvalue weighted by Crippen LogP contribution is -2.32. The van der Waals surface area contributed by atoms with Gasteiger partial charge in [0.1, 0.15) is 11.2 Å². The molecular weight excluding hydrogens is 382 g/mol. The molecule has 134 valence electrons. The van der Waals surface area contributed by atoms with Crippen LogP contribution in [0.15, 0.2) is 59.0 Å². The average molecular weight is 395 g/mol. The van der Waals surface area contributed by atoms with E-state index in [0.717, 1.165) is 27.1 Å². The minimum absolute atomic E-state index is 0.106. The summed E-state index contributed by atoms with van der Waals surface area (Å²) in [7, 11) is 0. The molecule has 0 saturated carbocycles. The van der Waals surface area contributed by atoms with Gasteiger partial charge in [0.2, 0.25) is 0 Å². The first-order valence-corrected chi connectivity index (χ1v) is 9.70. The van der Waals surface area contributed by atoms with Gasteiger partial charge in [-0.1, -0.05) is 30.3 Å². The van der Waals surface area contributed by atoms with E-state index < -0.39 is 5.91 Å². The molecular formula is C19H13N3O3S2. The highest BCUT2D eigenvalue weighted by molar-refractivity contribution is 7.17. The predicted molar refractivity (Wildman–Crippen MR) is 107 cm³/mol. The van der Waals surface area contributed by atoms with Crippen LogP contribution < -0.4 is 11.0 Å². The van der Waals surface area contributed by atoms with Gasteiger partial charge >= 0.3 is 0 Å². The summed E-state index contributed by atoms with van der Waals surface area (Å²) in [4.78, 5) is 42.5. The largest absolute Gasteiger partial charge is 0.294 e. The van der Waals surface area contributed by atoms with E-state index in [2.05, 4.69) is 10.4 Å². The maximum atomic E-state index is 12.9. The Morgan fingerprint density at radius 2 is 1.81 bits per heavy atom. The summed E-state index contributed by atoms with van der Waals surface area (Å²) in [6.07, 6.45) is 1.30. The van der Waals surface area contributed by atoms with E-state index in [1.54, 1.807) is 12.1 Å². The number of rotatable bonds is 4. The normalized spacial score (nSPS) is 10.9. The van der Waals surface area contributed by atoms with Crippen molar-refractivity contribution in [3.05, 3.63) is 74.3 Å². The summed E-state index contributed by atoms with van der Waals surface area (Å²) >= 11 is 2.47. The smallest absolute Gasteiger partial charge is 0.281 e. The van der Waals surface area contributed by atoms with Gasteiger partial charge in [0.15, 0.2) is 5.78 Å². The molecule has 1 aromatic carbocycles. The average Bonchev–Trinajstić information content (AvgIpc) is 3.32. The van der Waals surface area contributed by atoms with E-state index >= 15 is 0 Å². The van der Waals surface area contributed by atoms with E-state index in [-0.39, 0.29) is 11.3 Å². The molecule has 0 bridgehead atoms. The van der Waals surface area contributed by atoms with Gasteiger partial charge in [-0.2, -0.15) is 0 Å². The number of carbonyl (C=O) groups excluding carboxylic acids is 2. The summed E-state index contributed by atoms with van der Waals surface area (Å²) < 4.78 is 1.08. The van der Waals surface area contributed by atoms with Gasteiger partial charge in [0, 0.05) is 10.9 Å². The van der Waals surface area contributed by atoms with Crippen LogP contribution in [-0.4, -0.2) is 21.4 Å². The second kappa shape index (κ2) is 6.90. The van der Waals surface area contributed by atoms with Crippen LogP contribution >= 0.6 is 22.7 Å². The number of ketones is 1. The Kier molecular flexibility index (Phi) is 4.43. The van der Waals surface area contributed by atoms with Gasteiger partial charge in [0.05, 0.1) is 15.1 Å². The summed E-state index contributed by atoms with van der Waals surface area (Å²) in [6.45, 7) is 1.44. The van der Waals surface area contributed by atoms with E-state index in [1.165, 1.54) is 24.6 Å². The number of nitrogens with one attached hydrogen (secondary N) is 1. The summed E-state index contributed by atoms with van der Waals surface area (Å²) in [5.74, 6) is -0.572. The lowest BCUT2D eigenvalue weighted by atomic mass is 10.1. The Morgan fingerprint density at radius 3 is 2.52 bits per heavy atom. The monoisotopic (exact) mass is 395 g/mol. The number of benzene rings is 1. The lowest BCUT2D eigenvalue weighted by molar-refractivity contribution is 0.101. The van der Waals surface area contributed by atoms with Gasteiger partial charge in [-0.3, -0.25) is 19.8 Å². The van der Waals surface area contributed by atoms with E-state index in [1.807, 2.05) is 35.7 Å². The zero-order valence-corrected chi connectivity index (χ0v) is 15.8. The molecule has 0 aliphatic rings. The number of hydrogen-bond donors (Lipinski definition) is 1. The van der Waals surface area contributed by atoms with Crippen LogP contribution in [0.2, 0.25) is 0 Å². The minimum Gasteiger partial charge on any atom is -0.294 e. The highest BCUT2D eigenvalue weighted by Crippen LogP contribution is 2.30. The highest BCUT2D eigenvalue weighted by Gasteiger charge is 2.16. The molecule has 3 heterocycles. The fraction of sp³-hybridized carbons (Fsp3) is 0.0526. The van der Waals surface area contributed by atoms with Crippen molar-refractivity contribution in [1.29, 1.82) is 0 Å². The number of thiophene rings is 2. The molecule has 0 atom stereocenters. The van der Waals surface area contributed by atoms with Crippen molar-refractivity contribution in [2.45, 2.75) is 6.92 Å². The minimum atomic E-state index is -0.466. The number of fused-ring (bicyclic) bond motifs is 1. The molecule has 0 aliphatic heterocycles. The lowest BCUT2D eigenvalue weighted by Gasteiger charge is -2.07. The van der Waals surface area contributed by atoms with Crippen molar-refractivity contribution in [2.24, 2.45) is 0 Å². The summed E-state index contributed by atoms with van der Waals surface area (Å²) in [5, 5.41) is 2.35. The third-order valence-corrected chi connectivity index (χ3v) is 6.05. The number of Topliss-reactive ketones (excluding diaryl/α,β-unsaturated/α-hetero) is 1. The first kappa shape index (κ1) is 17.3. The molecule has 0 spiro atoms. The molecule has 0 saturated heterocycles. The van der Waals surface area contributed by atoms with Crippen molar-refractivity contribution >= 4 is 44.6 Å². The molecule has 4 rings (SSSR count). The summed E-state index contributed by atoms with van der Waals surface area (Å²) in [5.41, 5.74) is 3.89. The Balaban J connectivity index is 1.72. The van der Waals surface area contributed by atoms with Crippen LogP contribution in [0.5, 0.6) is 0 Å². The Labute approximate surface area is 161 Å². The molecule has 6 nitrogen and oxygen atoms in total. The highest BCUT2D eigenvalue weighted by atomic mass is 32.1. The van der Waals surface area contributed by atoms with Crippen molar-refractivity contribution in [3.63, 3.8) is 0 Å². The Hall–Kier alpha value is -3.10. The van der Waals surface area contributed by atoms with Crippen LogP contribution in [0.3, 0.4) is 0 Å². The SMILES string of the molecule is CC(=O)c1ccc(C(=O)Nn2cnc3scc(-c4ccccc4)c3c2=O)s1. The van der Waals surface area contributed by atoms with Crippen molar-refractivity contribution in [3.8, 4) is 11.1 Å². The molecule has 27 heavy (non-hydrogen) atoms. The van der Waals surface area contributed by atoms with Crippen LogP contribution in [-0.2, 0) is 0 Å². The third kappa shape index (κ3) is 3.20. The first-order valence-electron chi connectivity index (χ1n) is 8.01. The van der Waals surface area contributed by atoms with Gasteiger partial charge in [-0.25, -0.2) is 9.66 Å². The van der Waals surface area contributed by atoms with Crippen LogP contribution in [0.1, 0.15) is 26.3 Å². The standard InChI is InChI=1S/C19H13N3O3S2/c1-11(23)14-7-8-15(27-14)17(24)21-22-10-20-18-16(19(22)25)13(9-26-18)12-5-3-2-4-6-12/h2-10H,1H3,(H,21,24). The quantitative estimate of drug-likeness (QED) is 0.533. The fourth-order valence-electron chi connectivity index (χ4n) is 2.66. The van der Waals surface area contributed by atoms with Gasteiger partial charge in [0.25, 0.3) is 11.5 Å². The molecule has 1 amide bonds. The molecule has 1 N–H and O–H groups in total. The fourth-order valence-corrected chi connectivity index (χ4v) is 4.35. The van der Waals surface area contributed by atoms with Crippen LogP contribution in [0.4, 0.5) is 0 Å². The van der Waals surface area contributed by atoms with Gasteiger partial charge in [-0.05, 0) is 24.6 Å². The molecule has 4 aromatic rings. The van der Waals surface area contributed by atoms with E-state index in [0.29, 0.717) is 20.0 Å². The maximum Gasteiger partial charge on any atom is 0.281 e. The number of amides is 1. The maximum absolute atomic E-state index is 12.9. The Morgan fingerprint density at radius 1 is 1.07 bits per heavy atom. The number of carbonyl (C=O) groups is 2. The van der Waals surface area contributed by atoms with Crippen LogP contribution in [0.25, 0.3) is 21.3 Å². The number of nitrogens with zero attached hydrogens (tertiary/aromatic N) is 2. The zero-order chi connectivity index (χ0) is 19.0. The molecule has 0 aliphatic carbocycles.